The number of hydrogen-bond acceptors (Lipinski definition) is 4. The minimum Gasteiger partial charge on any atom is -0.494 e. The lowest BCUT2D eigenvalue weighted by molar-refractivity contribution is -0.109. The first-order valence-electron chi connectivity index (χ1n) is 5.76. The van der Waals surface area contributed by atoms with Crippen LogP contribution in [0.2, 0.25) is 0 Å². The number of rotatable bonds is 7. The van der Waals surface area contributed by atoms with Gasteiger partial charge in [-0.2, -0.15) is 0 Å². The van der Waals surface area contributed by atoms with Gasteiger partial charge in [0, 0.05) is 26.0 Å². The molecule has 17 heavy (non-hydrogen) atoms. The van der Waals surface area contributed by atoms with Crippen molar-refractivity contribution in [3.8, 4) is 5.75 Å². The smallest absolute Gasteiger partial charge is 0.176 e. The number of anilines is 1. The molecule has 4 nitrogen and oxygen atoms in total. The number of nitrogens with one attached hydrogen (secondary N) is 1. The Kier molecular flexibility index (Phi) is 5.80. The molecule has 0 spiro atoms. The summed E-state index contributed by atoms with van der Waals surface area (Å²) >= 11 is 0. The largest absolute Gasteiger partial charge is 0.494 e. The first-order valence-corrected chi connectivity index (χ1v) is 5.76. The van der Waals surface area contributed by atoms with E-state index in [0.29, 0.717) is 6.61 Å². The van der Waals surface area contributed by atoms with E-state index < -0.39 is 0 Å². The summed E-state index contributed by atoms with van der Waals surface area (Å²) in [7, 11) is 3.26. The summed E-state index contributed by atoms with van der Waals surface area (Å²) in [4.78, 5) is 0. The topological polar surface area (TPSA) is 39.7 Å². The molecule has 1 rings (SSSR count). The van der Waals surface area contributed by atoms with Gasteiger partial charge in [0.1, 0.15) is 5.75 Å². The van der Waals surface area contributed by atoms with E-state index in [9.17, 15) is 0 Å². The van der Waals surface area contributed by atoms with Crippen molar-refractivity contribution in [1.29, 1.82) is 0 Å². The molecule has 1 atom stereocenters. The Bertz CT molecular complexity index is 326. The molecule has 96 valence electrons. The minimum atomic E-state index is -0.272. The van der Waals surface area contributed by atoms with Crippen LogP contribution in [-0.2, 0) is 9.47 Å². The predicted octanol–water partition coefficient (Wildman–Crippen LogP) is 2.50. The molecule has 0 aliphatic rings. The molecular weight excluding hydrogens is 218 g/mol. The monoisotopic (exact) mass is 239 g/mol. The Morgan fingerprint density at radius 1 is 1.24 bits per heavy atom. The fourth-order valence-corrected chi connectivity index (χ4v) is 1.68. The van der Waals surface area contributed by atoms with Crippen molar-refractivity contribution >= 4 is 5.69 Å². The van der Waals surface area contributed by atoms with Crippen LogP contribution in [0.3, 0.4) is 0 Å². The normalized spacial score (nSPS) is 12.5. The summed E-state index contributed by atoms with van der Waals surface area (Å²) in [5, 5.41) is 3.31. The molecule has 0 aromatic heterocycles. The van der Waals surface area contributed by atoms with Crippen molar-refractivity contribution in [1.82, 2.24) is 0 Å². The van der Waals surface area contributed by atoms with Crippen LogP contribution in [0, 0.1) is 0 Å². The van der Waals surface area contributed by atoms with E-state index in [4.69, 9.17) is 14.2 Å². The third-order valence-electron chi connectivity index (χ3n) is 2.41. The fourth-order valence-electron chi connectivity index (χ4n) is 1.68. The maximum atomic E-state index is 5.44. The van der Waals surface area contributed by atoms with Gasteiger partial charge in [0.2, 0.25) is 0 Å². The first kappa shape index (κ1) is 13.8. The van der Waals surface area contributed by atoms with Gasteiger partial charge in [0.05, 0.1) is 12.6 Å². The highest BCUT2D eigenvalue weighted by Gasteiger charge is 2.15. The summed E-state index contributed by atoms with van der Waals surface area (Å²) in [6.07, 6.45) is -0.272. The fraction of sp³-hybridized carbons (Fsp3) is 0.538. The van der Waals surface area contributed by atoms with Crippen LogP contribution in [0.25, 0.3) is 0 Å². The number of ether oxygens (including phenoxy) is 3. The summed E-state index contributed by atoms with van der Waals surface area (Å²) < 4.78 is 15.8. The summed E-state index contributed by atoms with van der Waals surface area (Å²) in [6.45, 7) is 4.64. The van der Waals surface area contributed by atoms with Crippen molar-refractivity contribution < 1.29 is 14.2 Å². The van der Waals surface area contributed by atoms with Gasteiger partial charge in [-0.1, -0.05) is 6.07 Å². The van der Waals surface area contributed by atoms with Gasteiger partial charge < -0.3 is 19.5 Å². The molecule has 0 saturated carbocycles. The van der Waals surface area contributed by atoms with E-state index in [1.807, 2.05) is 38.1 Å². The molecule has 1 aromatic carbocycles. The summed E-state index contributed by atoms with van der Waals surface area (Å²) in [5.74, 6) is 0.857. The Labute approximate surface area is 103 Å². The van der Waals surface area contributed by atoms with E-state index in [-0.39, 0.29) is 12.3 Å². The molecule has 0 heterocycles. The quantitative estimate of drug-likeness (QED) is 0.742. The van der Waals surface area contributed by atoms with Crippen LogP contribution < -0.4 is 10.1 Å². The molecule has 0 fully saturated rings. The highest BCUT2D eigenvalue weighted by Crippen LogP contribution is 2.18. The molecule has 1 N–H and O–H groups in total. The van der Waals surface area contributed by atoms with Crippen molar-refractivity contribution in [2.75, 3.05) is 26.1 Å². The molecule has 1 aromatic rings. The Morgan fingerprint density at radius 3 is 2.53 bits per heavy atom. The number of benzene rings is 1. The van der Waals surface area contributed by atoms with E-state index in [2.05, 4.69) is 5.32 Å². The van der Waals surface area contributed by atoms with E-state index in [1.165, 1.54) is 0 Å². The van der Waals surface area contributed by atoms with Gasteiger partial charge >= 0.3 is 0 Å². The van der Waals surface area contributed by atoms with Crippen LogP contribution in [0.4, 0.5) is 5.69 Å². The lowest BCUT2D eigenvalue weighted by Gasteiger charge is -2.23. The minimum absolute atomic E-state index is 0.0573. The average Bonchev–Trinajstić information content (AvgIpc) is 2.31. The zero-order chi connectivity index (χ0) is 12.7. The van der Waals surface area contributed by atoms with Gasteiger partial charge in [0.25, 0.3) is 0 Å². The predicted molar refractivity (Wildman–Crippen MR) is 68.5 cm³/mol. The molecule has 4 heteroatoms. The highest BCUT2D eigenvalue weighted by molar-refractivity contribution is 5.48. The SMILES string of the molecule is CCOc1cccc(NC(C)C(OC)OC)c1. The second-order valence-corrected chi connectivity index (χ2v) is 3.73. The Morgan fingerprint density at radius 2 is 1.94 bits per heavy atom. The Balaban J connectivity index is 2.63. The van der Waals surface area contributed by atoms with Crippen LogP contribution in [-0.4, -0.2) is 33.2 Å². The summed E-state index contributed by atoms with van der Waals surface area (Å²) in [6, 6.07) is 7.89. The van der Waals surface area contributed by atoms with Crippen LogP contribution in [0.15, 0.2) is 24.3 Å². The van der Waals surface area contributed by atoms with Gasteiger partial charge in [-0.15, -0.1) is 0 Å². The molecule has 0 aliphatic carbocycles. The maximum Gasteiger partial charge on any atom is 0.176 e. The standard InChI is InChI=1S/C13H21NO3/c1-5-17-12-8-6-7-11(9-12)14-10(2)13(15-3)16-4/h6-10,13-14H,5H2,1-4H3. The third kappa shape index (κ3) is 4.24. The molecule has 0 aliphatic heterocycles. The maximum absolute atomic E-state index is 5.44. The average molecular weight is 239 g/mol. The third-order valence-corrected chi connectivity index (χ3v) is 2.41. The van der Waals surface area contributed by atoms with E-state index in [1.54, 1.807) is 14.2 Å². The Hall–Kier alpha value is -1.26. The van der Waals surface area contributed by atoms with E-state index in [0.717, 1.165) is 11.4 Å². The molecule has 0 radical (unpaired) electrons. The van der Waals surface area contributed by atoms with Crippen LogP contribution >= 0.6 is 0 Å². The first-order chi connectivity index (χ1) is 8.21. The number of hydrogen-bond donors (Lipinski definition) is 1. The molecule has 1 unspecified atom stereocenters. The molecule has 0 saturated heterocycles. The molecule has 0 amide bonds. The van der Waals surface area contributed by atoms with Crippen molar-refractivity contribution in [3.05, 3.63) is 24.3 Å². The van der Waals surface area contributed by atoms with Crippen LogP contribution in [0.5, 0.6) is 5.75 Å². The van der Waals surface area contributed by atoms with Gasteiger partial charge in [0.15, 0.2) is 6.29 Å². The zero-order valence-electron chi connectivity index (χ0n) is 10.9. The van der Waals surface area contributed by atoms with E-state index >= 15 is 0 Å². The second-order valence-electron chi connectivity index (χ2n) is 3.73. The lowest BCUT2D eigenvalue weighted by atomic mass is 10.2. The van der Waals surface area contributed by atoms with Crippen LogP contribution in [0.1, 0.15) is 13.8 Å². The van der Waals surface area contributed by atoms with Gasteiger partial charge in [-0.05, 0) is 26.0 Å². The van der Waals surface area contributed by atoms with Crippen molar-refractivity contribution in [3.63, 3.8) is 0 Å². The summed E-state index contributed by atoms with van der Waals surface area (Å²) in [5.41, 5.74) is 0.988. The molecule has 0 bridgehead atoms. The van der Waals surface area contributed by atoms with Crippen molar-refractivity contribution in [2.45, 2.75) is 26.2 Å². The molecular formula is C13H21NO3. The van der Waals surface area contributed by atoms with Gasteiger partial charge in [-0.3, -0.25) is 0 Å². The highest BCUT2D eigenvalue weighted by atomic mass is 16.7. The second kappa shape index (κ2) is 7.14. The van der Waals surface area contributed by atoms with Crippen molar-refractivity contribution in [2.24, 2.45) is 0 Å². The number of methoxy groups -OCH3 is 2. The lowest BCUT2D eigenvalue weighted by Crippen LogP contribution is -2.33. The van der Waals surface area contributed by atoms with Gasteiger partial charge in [-0.25, -0.2) is 0 Å². The zero-order valence-corrected chi connectivity index (χ0v) is 10.9.